The van der Waals surface area contributed by atoms with E-state index in [-0.39, 0.29) is 18.0 Å². The molecular formula is C26H19N3O2. The lowest BCUT2D eigenvalue weighted by Gasteiger charge is -2.10. The van der Waals surface area contributed by atoms with Crippen molar-refractivity contribution in [3.05, 3.63) is 107 Å². The molecule has 5 heteroatoms. The van der Waals surface area contributed by atoms with Crippen LogP contribution in [0.4, 0.5) is 5.69 Å². The Balaban J connectivity index is 1.42. The molecule has 0 unspecified atom stereocenters. The van der Waals surface area contributed by atoms with Gasteiger partial charge < -0.3 is 5.32 Å². The first-order valence-electron chi connectivity index (χ1n) is 10.0. The highest BCUT2D eigenvalue weighted by Crippen LogP contribution is 2.24. The largest absolute Gasteiger partial charge is 0.324 e. The maximum Gasteiger partial charge on any atom is 0.267 e. The van der Waals surface area contributed by atoms with Crippen LogP contribution in [0.5, 0.6) is 0 Å². The van der Waals surface area contributed by atoms with Crippen molar-refractivity contribution in [3.8, 4) is 11.3 Å². The Morgan fingerprint density at radius 1 is 0.774 bits per heavy atom. The molecule has 31 heavy (non-hydrogen) atoms. The Bertz CT molecular complexity index is 1480. The third kappa shape index (κ3) is 3.81. The fourth-order valence-corrected chi connectivity index (χ4v) is 3.72. The van der Waals surface area contributed by atoms with E-state index in [1.165, 1.54) is 10.7 Å². The summed E-state index contributed by atoms with van der Waals surface area (Å²) in [6, 6.07) is 30.8. The molecule has 4 aromatic carbocycles. The van der Waals surface area contributed by atoms with Crippen molar-refractivity contribution in [2.24, 2.45) is 0 Å². The lowest BCUT2D eigenvalue weighted by atomic mass is 10.1. The average molecular weight is 405 g/mol. The number of benzene rings is 4. The number of nitrogens with zero attached hydrogens (tertiary/aromatic N) is 2. The second-order valence-corrected chi connectivity index (χ2v) is 7.35. The van der Waals surface area contributed by atoms with E-state index in [1.54, 1.807) is 6.07 Å². The summed E-state index contributed by atoms with van der Waals surface area (Å²) in [5, 5.41) is 11.6. The van der Waals surface area contributed by atoms with Gasteiger partial charge in [0.2, 0.25) is 5.91 Å². The Kier molecular flexibility index (Phi) is 4.77. The molecule has 5 rings (SSSR count). The van der Waals surface area contributed by atoms with Gasteiger partial charge in [-0.25, -0.2) is 4.68 Å². The molecule has 0 spiro atoms. The average Bonchev–Trinajstić information content (AvgIpc) is 2.80. The molecular weight excluding hydrogens is 386 g/mol. The number of carbonyl (C=O) groups excluding carboxylic acids is 1. The number of fused-ring (bicyclic) bond motifs is 2. The van der Waals surface area contributed by atoms with Crippen LogP contribution in [0.1, 0.15) is 0 Å². The number of anilines is 1. The lowest BCUT2D eigenvalue weighted by Crippen LogP contribution is -2.29. The van der Waals surface area contributed by atoms with Gasteiger partial charge in [0.25, 0.3) is 5.56 Å². The topological polar surface area (TPSA) is 64.0 Å². The van der Waals surface area contributed by atoms with Gasteiger partial charge in [0.05, 0.1) is 5.69 Å². The third-order valence-electron chi connectivity index (χ3n) is 5.27. The number of rotatable bonds is 4. The molecule has 0 saturated heterocycles. The van der Waals surface area contributed by atoms with Gasteiger partial charge in [-0.2, -0.15) is 5.10 Å². The van der Waals surface area contributed by atoms with Gasteiger partial charge in [-0.05, 0) is 34.4 Å². The van der Waals surface area contributed by atoms with Crippen molar-refractivity contribution in [1.29, 1.82) is 0 Å². The van der Waals surface area contributed by atoms with Gasteiger partial charge in [0.1, 0.15) is 6.54 Å². The van der Waals surface area contributed by atoms with Crippen LogP contribution in [-0.4, -0.2) is 15.7 Å². The summed E-state index contributed by atoms with van der Waals surface area (Å²) in [6.45, 7) is -0.163. The Labute approximate surface area is 178 Å². The molecule has 0 radical (unpaired) electrons. The summed E-state index contributed by atoms with van der Waals surface area (Å²) in [7, 11) is 0. The summed E-state index contributed by atoms with van der Waals surface area (Å²) in [5.41, 5.74) is 1.92. The molecule has 5 aromatic rings. The first-order chi connectivity index (χ1) is 15.2. The predicted octanol–water partition coefficient (Wildman–Crippen LogP) is 4.86. The molecule has 1 aromatic heterocycles. The van der Waals surface area contributed by atoms with E-state index in [1.807, 2.05) is 84.9 Å². The van der Waals surface area contributed by atoms with E-state index in [4.69, 9.17) is 0 Å². The summed E-state index contributed by atoms with van der Waals surface area (Å²) < 4.78 is 1.20. The van der Waals surface area contributed by atoms with Crippen molar-refractivity contribution in [1.82, 2.24) is 9.78 Å². The third-order valence-corrected chi connectivity index (χ3v) is 5.27. The van der Waals surface area contributed by atoms with E-state index in [0.717, 1.165) is 27.1 Å². The van der Waals surface area contributed by atoms with Gasteiger partial charge in [-0.15, -0.1) is 0 Å². The first-order valence-corrected chi connectivity index (χ1v) is 10.0. The molecule has 5 nitrogen and oxygen atoms in total. The molecule has 1 N–H and O–H groups in total. The van der Waals surface area contributed by atoms with E-state index < -0.39 is 0 Å². The SMILES string of the molecule is O=C(Cn1nc(-c2ccc3ccccc3c2)ccc1=O)Nc1cccc2ccccc12. The predicted molar refractivity (Wildman–Crippen MR) is 124 cm³/mol. The summed E-state index contributed by atoms with van der Waals surface area (Å²) in [5.74, 6) is -0.304. The second-order valence-electron chi connectivity index (χ2n) is 7.35. The normalized spacial score (nSPS) is 11.0. The summed E-state index contributed by atoms with van der Waals surface area (Å²) >= 11 is 0. The molecule has 0 bridgehead atoms. The quantitative estimate of drug-likeness (QED) is 0.465. The van der Waals surface area contributed by atoms with Crippen LogP contribution in [0.3, 0.4) is 0 Å². The van der Waals surface area contributed by atoms with Crippen LogP contribution in [0.25, 0.3) is 32.8 Å². The zero-order chi connectivity index (χ0) is 21.2. The number of hydrogen-bond donors (Lipinski definition) is 1. The van der Waals surface area contributed by atoms with Crippen molar-refractivity contribution in [3.63, 3.8) is 0 Å². The van der Waals surface area contributed by atoms with Crippen molar-refractivity contribution in [2.75, 3.05) is 5.32 Å². The maximum absolute atomic E-state index is 12.7. The molecule has 1 amide bonds. The molecule has 0 fully saturated rings. The highest BCUT2D eigenvalue weighted by molar-refractivity contribution is 6.02. The Morgan fingerprint density at radius 2 is 1.52 bits per heavy atom. The minimum Gasteiger partial charge on any atom is -0.324 e. The zero-order valence-corrected chi connectivity index (χ0v) is 16.7. The molecule has 150 valence electrons. The number of carbonyl (C=O) groups is 1. The Morgan fingerprint density at radius 3 is 2.39 bits per heavy atom. The van der Waals surface area contributed by atoms with Crippen LogP contribution in [0.2, 0.25) is 0 Å². The minimum absolute atomic E-state index is 0.163. The highest BCUT2D eigenvalue weighted by atomic mass is 16.2. The van der Waals surface area contributed by atoms with Gasteiger partial charge in [-0.3, -0.25) is 9.59 Å². The number of hydrogen-bond acceptors (Lipinski definition) is 3. The van der Waals surface area contributed by atoms with Gasteiger partial charge in [-0.1, -0.05) is 72.8 Å². The fraction of sp³-hybridized carbons (Fsp3) is 0.0385. The summed E-state index contributed by atoms with van der Waals surface area (Å²) in [6.07, 6.45) is 0. The fourth-order valence-electron chi connectivity index (χ4n) is 3.72. The first kappa shape index (κ1) is 18.8. The molecule has 1 heterocycles. The zero-order valence-electron chi connectivity index (χ0n) is 16.7. The van der Waals surface area contributed by atoms with E-state index in [2.05, 4.69) is 10.4 Å². The minimum atomic E-state index is -0.322. The second kappa shape index (κ2) is 7.88. The van der Waals surface area contributed by atoms with Gasteiger partial charge in [0, 0.05) is 22.7 Å². The van der Waals surface area contributed by atoms with Crippen LogP contribution in [-0.2, 0) is 11.3 Å². The molecule has 0 aliphatic heterocycles. The van der Waals surface area contributed by atoms with Gasteiger partial charge in [0.15, 0.2) is 0 Å². The standard InChI is InChI=1S/C26H19N3O2/c30-25(27-24-11-5-9-19-7-3-4-10-22(19)24)17-29-26(31)15-14-23(28-29)21-13-12-18-6-1-2-8-20(18)16-21/h1-16H,17H2,(H,27,30). The molecule has 0 saturated carbocycles. The smallest absolute Gasteiger partial charge is 0.267 e. The maximum atomic E-state index is 12.7. The van der Waals surface area contributed by atoms with Crippen molar-refractivity contribution < 1.29 is 4.79 Å². The number of aromatic nitrogens is 2. The lowest BCUT2D eigenvalue weighted by molar-refractivity contribution is -0.117. The summed E-state index contributed by atoms with van der Waals surface area (Å²) in [4.78, 5) is 25.0. The van der Waals surface area contributed by atoms with Gasteiger partial charge >= 0.3 is 0 Å². The van der Waals surface area contributed by atoms with Crippen molar-refractivity contribution in [2.45, 2.75) is 6.54 Å². The van der Waals surface area contributed by atoms with E-state index in [0.29, 0.717) is 11.4 Å². The number of nitrogens with one attached hydrogen (secondary N) is 1. The molecule has 0 aliphatic carbocycles. The van der Waals surface area contributed by atoms with Crippen LogP contribution in [0.15, 0.2) is 102 Å². The van der Waals surface area contributed by atoms with E-state index in [9.17, 15) is 9.59 Å². The Hall–Kier alpha value is -4.25. The van der Waals surface area contributed by atoms with Crippen LogP contribution >= 0.6 is 0 Å². The van der Waals surface area contributed by atoms with Crippen molar-refractivity contribution >= 4 is 33.1 Å². The molecule has 0 atom stereocenters. The highest BCUT2D eigenvalue weighted by Gasteiger charge is 2.10. The van der Waals surface area contributed by atoms with E-state index >= 15 is 0 Å². The monoisotopic (exact) mass is 405 g/mol. The molecule has 0 aliphatic rings. The van der Waals surface area contributed by atoms with Crippen LogP contribution in [0, 0.1) is 0 Å². The van der Waals surface area contributed by atoms with Crippen LogP contribution < -0.4 is 10.9 Å². The number of amides is 1.